The lowest BCUT2D eigenvalue weighted by atomic mass is 10.2. The molecule has 0 aliphatic heterocycles. The molecule has 0 amide bonds. The van der Waals surface area contributed by atoms with E-state index in [0.717, 1.165) is 24.5 Å². The molecule has 0 aromatic heterocycles. The number of benzene rings is 1. The molecule has 0 aliphatic rings. The van der Waals surface area contributed by atoms with Crippen molar-refractivity contribution in [1.82, 2.24) is 5.32 Å². The summed E-state index contributed by atoms with van der Waals surface area (Å²) >= 11 is 0. The first-order valence-electron chi connectivity index (χ1n) is 6.63. The van der Waals surface area contributed by atoms with Crippen molar-refractivity contribution in [3.05, 3.63) is 23.8 Å². The molecule has 0 aliphatic carbocycles. The molecule has 0 heterocycles. The second-order valence-corrected chi connectivity index (χ2v) is 4.72. The van der Waals surface area contributed by atoms with Crippen molar-refractivity contribution >= 4 is 0 Å². The highest BCUT2D eigenvalue weighted by atomic mass is 16.5. The topological polar surface area (TPSA) is 30.5 Å². The molecule has 3 heteroatoms. The second kappa shape index (κ2) is 7.27. The van der Waals surface area contributed by atoms with Crippen LogP contribution in [0.5, 0.6) is 11.5 Å². The lowest BCUT2D eigenvalue weighted by Gasteiger charge is -2.23. The van der Waals surface area contributed by atoms with Crippen LogP contribution in [-0.4, -0.2) is 25.8 Å². The molecule has 0 spiro atoms. The van der Waals surface area contributed by atoms with Crippen LogP contribution in [0.15, 0.2) is 18.2 Å². The highest BCUT2D eigenvalue weighted by molar-refractivity contribution is 5.42. The van der Waals surface area contributed by atoms with Crippen LogP contribution >= 0.6 is 0 Å². The number of rotatable bonds is 7. The molecular formula is C15H25NO2. The van der Waals surface area contributed by atoms with Crippen LogP contribution in [0.2, 0.25) is 0 Å². The maximum Gasteiger partial charge on any atom is 0.161 e. The third-order valence-electron chi connectivity index (χ3n) is 3.05. The lowest BCUT2D eigenvalue weighted by molar-refractivity contribution is 0.171. The summed E-state index contributed by atoms with van der Waals surface area (Å²) in [6.07, 6.45) is 1.23. The smallest absolute Gasteiger partial charge is 0.161 e. The van der Waals surface area contributed by atoms with Gasteiger partial charge in [0.2, 0.25) is 0 Å². The summed E-state index contributed by atoms with van der Waals surface area (Å²) in [5.74, 6) is 1.60. The zero-order chi connectivity index (χ0) is 13.5. The summed E-state index contributed by atoms with van der Waals surface area (Å²) in [5, 5.41) is 3.44. The highest BCUT2D eigenvalue weighted by Gasteiger charge is 2.15. The van der Waals surface area contributed by atoms with E-state index in [1.807, 2.05) is 25.1 Å². The molecule has 1 N–H and O–H groups in total. The Bertz CT molecular complexity index is 366. The van der Waals surface area contributed by atoms with Gasteiger partial charge in [0, 0.05) is 6.04 Å². The molecule has 2 atom stereocenters. The Balaban J connectivity index is 2.66. The lowest BCUT2D eigenvalue weighted by Crippen LogP contribution is -2.39. The Morgan fingerprint density at radius 3 is 2.56 bits per heavy atom. The van der Waals surface area contributed by atoms with Crippen LogP contribution in [0, 0.1) is 6.92 Å². The van der Waals surface area contributed by atoms with E-state index in [9.17, 15) is 0 Å². The second-order valence-electron chi connectivity index (χ2n) is 4.72. The molecule has 1 aromatic rings. The number of hydrogen-bond acceptors (Lipinski definition) is 3. The average Bonchev–Trinajstić information content (AvgIpc) is 2.37. The van der Waals surface area contributed by atoms with E-state index in [1.54, 1.807) is 7.11 Å². The van der Waals surface area contributed by atoms with Crippen LogP contribution in [0.25, 0.3) is 0 Å². The number of aryl methyl sites for hydroxylation is 1. The SMILES string of the molecule is CCCNC(C)C(C)Oc1ccc(C)cc1OC. The van der Waals surface area contributed by atoms with Gasteiger partial charge in [0.25, 0.3) is 0 Å². The van der Waals surface area contributed by atoms with E-state index in [-0.39, 0.29) is 6.10 Å². The van der Waals surface area contributed by atoms with Crippen molar-refractivity contribution in [2.45, 2.75) is 46.3 Å². The first-order chi connectivity index (χ1) is 8.58. The maximum absolute atomic E-state index is 5.96. The van der Waals surface area contributed by atoms with Gasteiger partial charge in [-0.25, -0.2) is 0 Å². The molecule has 18 heavy (non-hydrogen) atoms. The molecule has 102 valence electrons. The molecule has 0 bridgehead atoms. The van der Waals surface area contributed by atoms with Gasteiger partial charge >= 0.3 is 0 Å². The van der Waals surface area contributed by atoms with Gasteiger partial charge in [-0.1, -0.05) is 13.0 Å². The van der Waals surface area contributed by atoms with Gasteiger partial charge in [-0.15, -0.1) is 0 Å². The molecule has 2 unspecified atom stereocenters. The minimum atomic E-state index is 0.105. The molecular weight excluding hydrogens is 226 g/mol. The summed E-state index contributed by atoms with van der Waals surface area (Å²) in [5.41, 5.74) is 1.17. The van der Waals surface area contributed by atoms with Crippen LogP contribution in [0.3, 0.4) is 0 Å². The minimum absolute atomic E-state index is 0.105. The van der Waals surface area contributed by atoms with Crippen molar-refractivity contribution in [2.75, 3.05) is 13.7 Å². The monoisotopic (exact) mass is 251 g/mol. The average molecular weight is 251 g/mol. The molecule has 0 radical (unpaired) electrons. The third-order valence-corrected chi connectivity index (χ3v) is 3.05. The zero-order valence-electron chi connectivity index (χ0n) is 12.1. The van der Waals surface area contributed by atoms with Crippen molar-refractivity contribution in [3.63, 3.8) is 0 Å². The van der Waals surface area contributed by atoms with Gasteiger partial charge in [-0.05, 0) is 51.4 Å². The summed E-state index contributed by atoms with van der Waals surface area (Å²) < 4.78 is 11.3. The first-order valence-corrected chi connectivity index (χ1v) is 6.63. The molecule has 3 nitrogen and oxygen atoms in total. The Kier molecular flexibility index (Phi) is 5.99. The molecule has 0 fully saturated rings. The summed E-state index contributed by atoms with van der Waals surface area (Å²) in [6.45, 7) is 9.43. The quantitative estimate of drug-likeness (QED) is 0.807. The van der Waals surface area contributed by atoms with Crippen LogP contribution in [-0.2, 0) is 0 Å². The van der Waals surface area contributed by atoms with Gasteiger partial charge in [0.15, 0.2) is 11.5 Å². The standard InChI is InChI=1S/C15H25NO2/c1-6-9-16-12(3)13(4)18-14-8-7-11(2)10-15(14)17-5/h7-8,10,12-13,16H,6,9H2,1-5H3. The van der Waals surface area contributed by atoms with Gasteiger partial charge in [0.1, 0.15) is 6.10 Å². The summed E-state index contributed by atoms with van der Waals surface area (Å²) in [4.78, 5) is 0. The Hall–Kier alpha value is -1.22. The minimum Gasteiger partial charge on any atom is -0.493 e. The van der Waals surface area contributed by atoms with Crippen molar-refractivity contribution in [2.24, 2.45) is 0 Å². The molecule has 0 saturated carbocycles. The van der Waals surface area contributed by atoms with E-state index in [1.165, 1.54) is 5.56 Å². The largest absolute Gasteiger partial charge is 0.493 e. The number of methoxy groups -OCH3 is 1. The summed E-state index contributed by atoms with van der Waals surface area (Å²) in [6, 6.07) is 6.31. The highest BCUT2D eigenvalue weighted by Crippen LogP contribution is 2.29. The van der Waals surface area contributed by atoms with Gasteiger partial charge in [-0.3, -0.25) is 0 Å². The van der Waals surface area contributed by atoms with Crippen LogP contribution in [0.4, 0.5) is 0 Å². The zero-order valence-corrected chi connectivity index (χ0v) is 12.1. The maximum atomic E-state index is 5.96. The Labute approximate surface area is 110 Å². The Morgan fingerprint density at radius 1 is 1.22 bits per heavy atom. The van der Waals surface area contributed by atoms with E-state index < -0.39 is 0 Å². The van der Waals surface area contributed by atoms with E-state index in [2.05, 4.69) is 26.1 Å². The van der Waals surface area contributed by atoms with Crippen molar-refractivity contribution < 1.29 is 9.47 Å². The van der Waals surface area contributed by atoms with Gasteiger partial charge in [0.05, 0.1) is 7.11 Å². The van der Waals surface area contributed by atoms with Crippen LogP contribution < -0.4 is 14.8 Å². The number of nitrogens with one attached hydrogen (secondary N) is 1. The van der Waals surface area contributed by atoms with Crippen molar-refractivity contribution in [3.8, 4) is 11.5 Å². The van der Waals surface area contributed by atoms with Gasteiger partial charge < -0.3 is 14.8 Å². The Morgan fingerprint density at radius 2 is 1.94 bits per heavy atom. The first kappa shape index (κ1) is 14.8. The normalized spacial score (nSPS) is 14.1. The predicted molar refractivity (Wildman–Crippen MR) is 75.6 cm³/mol. The molecule has 1 rings (SSSR count). The molecule has 1 aromatic carbocycles. The van der Waals surface area contributed by atoms with E-state index in [0.29, 0.717) is 6.04 Å². The van der Waals surface area contributed by atoms with Crippen molar-refractivity contribution in [1.29, 1.82) is 0 Å². The van der Waals surface area contributed by atoms with Crippen LogP contribution in [0.1, 0.15) is 32.8 Å². The number of hydrogen-bond donors (Lipinski definition) is 1. The fraction of sp³-hybridized carbons (Fsp3) is 0.600. The van der Waals surface area contributed by atoms with E-state index >= 15 is 0 Å². The van der Waals surface area contributed by atoms with E-state index in [4.69, 9.17) is 9.47 Å². The number of ether oxygens (including phenoxy) is 2. The fourth-order valence-corrected chi connectivity index (χ4v) is 1.71. The fourth-order valence-electron chi connectivity index (χ4n) is 1.71. The summed E-state index contributed by atoms with van der Waals surface area (Å²) in [7, 11) is 1.67. The third kappa shape index (κ3) is 4.22. The predicted octanol–water partition coefficient (Wildman–Crippen LogP) is 3.16. The van der Waals surface area contributed by atoms with Gasteiger partial charge in [-0.2, -0.15) is 0 Å². The molecule has 0 saturated heterocycles.